The van der Waals surface area contributed by atoms with E-state index in [9.17, 15) is 5.11 Å². The van der Waals surface area contributed by atoms with E-state index in [0.29, 0.717) is 12.5 Å². The number of hydrogen-bond donors (Lipinski definition) is 1. The summed E-state index contributed by atoms with van der Waals surface area (Å²) in [6, 6.07) is 16.0. The zero-order chi connectivity index (χ0) is 16.5. The SMILES string of the molecule is Cc1ccccc1OC[C@@H](O)Cn1c(C2CC2)nc2ccccc21. The van der Waals surface area contributed by atoms with Crippen molar-refractivity contribution >= 4 is 11.0 Å². The van der Waals surface area contributed by atoms with E-state index >= 15 is 0 Å². The van der Waals surface area contributed by atoms with E-state index in [2.05, 4.69) is 10.6 Å². The lowest BCUT2D eigenvalue weighted by molar-refractivity contribution is 0.0924. The second-order valence-electron chi connectivity index (χ2n) is 6.57. The molecule has 1 atom stereocenters. The van der Waals surface area contributed by atoms with Gasteiger partial charge in [0.15, 0.2) is 0 Å². The summed E-state index contributed by atoms with van der Waals surface area (Å²) < 4.78 is 7.96. The van der Waals surface area contributed by atoms with Crippen molar-refractivity contribution in [1.82, 2.24) is 9.55 Å². The molecule has 1 aromatic heterocycles. The summed E-state index contributed by atoms with van der Waals surface area (Å²) in [5.74, 6) is 2.47. The number of aliphatic hydroxyl groups excluding tert-OH is 1. The normalized spacial score (nSPS) is 15.6. The molecule has 3 aromatic rings. The predicted molar refractivity (Wildman–Crippen MR) is 94.4 cm³/mol. The molecule has 1 fully saturated rings. The maximum absolute atomic E-state index is 10.5. The summed E-state index contributed by atoms with van der Waals surface area (Å²) in [6.07, 6.45) is 1.82. The Morgan fingerprint density at radius 2 is 1.92 bits per heavy atom. The Hall–Kier alpha value is -2.33. The highest BCUT2D eigenvalue weighted by molar-refractivity contribution is 5.76. The minimum Gasteiger partial charge on any atom is -0.491 e. The van der Waals surface area contributed by atoms with Crippen molar-refractivity contribution in [2.75, 3.05) is 6.61 Å². The standard InChI is InChI=1S/C20H22N2O2/c1-14-6-2-5-9-19(14)24-13-16(23)12-22-18-8-4-3-7-17(18)21-20(22)15-10-11-15/h2-9,15-16,23H,10-13H2,1H3/t16-/m0/s1. The summed E-state index contributed by atoms with van der Waals surface area (Å²) in [5.41, 5.74) is 3.18. The Morgan fingerprint density at radius 1 is 1.17 bits per heavy atom. The minimum atomic E-state index is -0.570. The third-order valence-electron chi connectivity index (χ3n) is 4.54. The topological polar surface area (TPSA) is 47.3 Å². The van der Waals surface area contributed by atoms with Crippen LogP contribution in [-0.4, -0.2) is 27.4 Å². The highest BCUT2D eigenvalue weighted by Gasteiger charge is 2.30. The molecule has 0 radical (unpaired) electrons. The fourth-order valence-electron chi connectivity index (χ4n) is 3.11. The molecule has 0 bridgehead atoms. The van der Waals surface area contributed by atoms with Crippen molar-refractivity contribution in [3.63, 3.8) is 0 Å². The van der Waals surface area contributed by atoms with Gasteiger partial charge in [-0.1, -0.05) is 30.3 Å². The molecule has 4 heteroatoms. The molecule has 0 aliphatic heterocycles. The van der Waals surface area contributed by atoms with Gasteiger partial charge in [0.05, 0.1) is 17.6 Å². The lowest BCUT2D eigenvalue weighted by atomic mass is 10.2. The van der Waals surface area contributed by atoms with Gasteiger partial charge in [0.1, 0.15) is 24.3 Å². The smallest absolute Gasteiger partial charge is 0.122 e. The van der Waals surface area contributed by atoms with E-state index in [-0.39, 0.29) is 6.61 Å². The Kier molecular flexibility index (Phi) is 3.98. The lowest BCUT2D eigenvalue weighted by Crippen LogP contribution is -2.24. The van der Waals surface area contributed by atoms with Gasteiger partial charge in [-0.15, -0.1) is 0 Å². The zero-order valence-corrected chi connectivity index (χ0v) is 13.9. The highest BCUT2D eigenvalue weighted by atomic mass is 16.5. The number of aromatic nitrogens is 2. The molecule has 4 rings (SSSR count). The van der Waals surface area contributed by atoms with Gasteiger partial charge in [0, 0.05) is 5.92 Å². The van der Waals surface area contributed by atoms with E-state index in [0.717, 1.165) is 28.2 Å². The Bertz CT molecular complexity index is 852. The molecule has 124 valence electrons. The molecule has 0 saturated heterocycles. The maximum Gasteiger partial charge on any atom is 0.122 e. The number of fused-ring (bicyclic) bond motifs is 1. The van der Waals surface area contributed by atoms with Crippen molar-refractivity contribution in [1.29, 1.82) is 0 Å². The highest BCUT2D eigenvalue weighted by Crippen LogP contribution is 2.40. The number of aryl methyl sites for hydroxylation is 1. The van der Waals surface area contributed by atoms with E-state index in [1.165, 1.54) is 12.8 Å². The van der Waals surface area contributed by atoms with Gasteiger partial charge in [0.25, 0.3) is 0 Å². The van der Waals surface area contributed by atoms with Gasteiger partial charge in [-0.25, -0.2) is 4.98 Å². The first-order valence-electron chi connectivity index (χ1n) is 8.54. The van der Waals surface area contributed by atoms with Gasteiger partial charge in [-0.3, -0.25) is 0 Å². The molecule has 4 nitrogen and oxygen atoms in total. The second-order valence-corrected chi connectivity index (χ2v) is 6.57. The molecule has 1 N–H and O–H groups in total. The zero-order valence-electron chi connectivity index (χ0n) is 13.9. The Morgan fingerprint density at radius 3 is 2.71 bits per heavy atom. The molecule has 2 aromatic carbocycles. The van der Waals surface area contributed by atoms with E-state index in [4.69, 9.17) is 9.72 Å². The van der Waals surface area contributed by atoms with Crippen molar-refractivity contribution < 1.29 is 9.84 Å². The largest absolute Gasteiger partial charge is 0.491 e. The minimum absolute atomic E-state index is 0.279. The number of para-hydroxylation sites is 3. The van der Waals surface area contributed by atoms with Gasteiger partial charge in [-0.2, -0.15) is 0 Å². The van der Waals surface area contributed by atoms with Crippen molar-refractivity contribution in [2.45, 2.75) is 38.3 Å². The lowest BCUT2D eigenvalue weighted by Gasteiger charge is -2.16. The fraction of sp³-hybridized carbons (Fsp3) is 0.350. The van der Waals surface area contributed by atoms with Crippen LogP contribution in [0.25, 0.3) is 11.0 Å². The summed E-state index contributed by atoms with van der Waals surface area (Å²) in [6.45, 7) is 2.80. The maximum atomic E-state index is 10.5. The molecular formula is C20H22N2O2. The average molecular weight is 322 g/mol. The Balaban J connectivity index is 1.51. The number of nitrogens with zero attached hydrogens (tertiary/aromatic N) is 2. The summed E-state index contributed by atoms with van der Waals surface area (Å²) in [4.78, 5) is 4.77. The summed E-state index contributed by atoms with van der Waals surface area (Å²) in [5, 5.41) is 10.5. The fourth-order valence-corrected chi connectivity index (χ4v) is 3.11. The molecule has 0 unspecified atom stereocenters. The molecule has 0 spiro atoms. The predicted octanol–water partition coefficient (Wildman–Crippen LogP) is 3.66. The van der Waals surface area contributed by atoms with Gasteiger partial charge >= 0.3 is 0 Å². The van der Waals surface area contributed by atoms with Gasteiger partial charge < -0.3 is 14.4 Å². The van der Waals surface area contributed by atoms with Crippen LogP contribution in [0.15, 0.2) is 48.5 Å². The Labute approximate surface area is 141 Å². The number of ether oxygens (including phenoxy) is 1. The van der Waals surface area contributed by atoms with Crippen LogP contribution in [0.4, 0.5) is 0 Å². The number of rotatable bonds is 6. The van der Waals surface area contributed by atoms with Gasteiger partial charge in [0.2, 0.25) is 0 Å². The van der Waals surface area contributed by atoms with Crippen molar-refractivity contribution in [2.24, 2.45) is 0 Å². The molecule has 1 aliphatic rings. The van der Waals surface area contributed by atoms with Crippen LogP contribution >= 0.6 is 0 Å². The molecule has 1 aliphatic carbocycles. The van der Waals surface area contributed by atoms with Crippen LogP contribution in [0.2, 0.25) is 0 Å². The van der Waals surface area contributed by atoms with Crippen LogP contribution in [0, 0.1) is 6.92 Å². The average Bonchev–Trinajstić information content (AvgIpc) is 3.37. The van der Waals surface area contributed by atoms with Crippen LogP contribution in [0.5, 0.6) is 5.75 Å². The number of aliphatic hydroxyl groups is 1. The molecule has 1 heterocycles. The van der Waals surface area contributed by atoms with E-state index in [1.54, 1.807) is 0 Å². The summed E-state index contributed by atoms with van der Waals surface area (Å²) >= 11 is 0. The first-order valence-corrected chi connectivity index (χ1v) is 8.54. The molecule has 0 amide bonds. The van der Waals surface area contributed by atoms with E-state index < -0.39 is 6.10 Å². The van der Waals surface area contributed by atoms with Crippen LogP contribution in [0.3, 0.4) is 0 Å². The molecule has 1 saturated carbocycles. The molecular weight excluding hydrogens is 300 g/mol. The third-order valence-corrected chi connectivity index (χ3v) is 4.54. The van der Waals surface area contributed by atoms with Crippen LogP contribution in [0.1, 0.15) is 30.1 Å². The quantitative estimate of drug-likeness (QED) is 0.753. The monoisotopic (exact) mass is 322 g/mol. The summed E-state index contributed by atoms with van der Waals surface area (Å²) in [7, 11) is 0. The number of hydrogen-bond acceptors (Lipinski definition) is 3. The van der Waals surface area contributed by atoms with Crippen molar-refractivity contribution in [3.05, 3.63) is 59.9 Å². The van der Waals surface area contributed by atoms with Crippen molar-refractivity contribution in [3.8, 4) is 5.75 Å². The van der Waals surface area contributed by atoms with Crippen LogP contribution in [-0.2, 0) is 6.54 Å². The van der Waals surface area contributed by atoms with Crippen LogP contribution < -0.4 is 4.74 Å². The second kappa shape index (κ2) is 6.29. The molecule has 24 heavy (non-hydrogen) atoms. The first kappa shape index (κ1) is 15.2. The van der Waals surface area contributed by atoms with E-state index in [1.807, 2.05) is 49.4 Å². The number of benzene rings is 2. The van der Waals surface area contributed by atoms with Gasteiger partial charge in [-0.05, 0) is 43.5 Å². The number of imidazole rings is 1. The third kappa shape index (κ3) is 3.02. The first-order chi connectivity index (χ1) is 11.7.